The van der Waals surface area contributed by atoms with Crippen LogP contribution in [-0.4, -0.2) is 24.3 Å². The number of halogens is 1. The quantitative estimate of drug-likeness (QED) is 0.457. The van der Waals surface area contributed by atoms with Crippen LogP contribution in [0.5, 0.6) is 17.2 Å². The number of hydrogen-bond donors (Lipinski definition) is 2. The van der Waals surface area contributed by atoms with Crippen LogP contribution in [0.25, 0.3) is 10.9 Å². The van der Waals surface area contributed by atoms with Gasteiger partial charge in [0, 0.05) is 28.9 Å². The first-order chi connectivity index (χ1) is 14.6. The van der Waals surface area contributed by atoms with E-state index in [1.165, 1.54) is 12.1 Å². The lowest BCUT2D eigenvalue weighted by Gasteiger charge is -2.23. The topological polar surface area (TPSA) is 63.6 Å². The Balaban J connectivity index is 1.82. The van der Waals surface area contributed by atoms with E-state index in [1.54, 1.807) is 38.6 Å². The predicted octanol–water partition coefficient (Wildman–Crippen LogP) is 5.30. The van der Waals surface area contributed by atoms with E-state index in [9.17, 15) is 9.50 Å². The van der Waals surface area contributed by atoms with Gasteiger partial charge in [-0.2, -0.15) is 0 Å². The van der Waals surface area contributed by atoms with E-state index < -0.39 is 6.04 Å². The van der Waals surface area contributed by atoms with Crippen LogP contribution >= 0.6 is 0 Å². The number of hydrogen-bond acceptors (Lipinski definition) is 5. The molecular formula is C24H21FN2O3. The zero-order valence-electron chi connectivity index (χ0n) is 16.6. The Morgan fingerprint density at radius 2 is 1.70 bits per heavy atom. The number of rotatable bonds is 6. The van der Waals surface area contributed by atoms with E-state index in [1.807, 2.05) is 36.4 Å². The molecule has 3 aromatic carbocycles. The Kier molecular flexibility index (Phi) is 5.39. The van der Waals surface area contributed by atoms with Gasteiger partial charge in [0.15, 0.2) is 11.5 Å². The fourth-order valence-corrected chi connectivity index (χ4v) is 3.47. The van der Waals surface area contributed by atoms with Gasteiger partial charge >= 0.3 is 0 Å². The Bertz CT molecular complexity index is 1180. The summed E-state index contributed by atoms with van der Waals surface area (Å²) < 4.78 is 24.2. The highest BCUT2D eigenvalue weighted by Gasteiger charge is 2.20. The van der Waals surface area contributed by atoms with Gasteiger partial charge in [-0.05, 0) is 35.9 Å². The molecule has 1 aromatic heterocycles. The average molecular weight is 404 g/mol. The molecule has 30 heavy (non-hydrogen) atoms. The molecule has 5 nitrogen and oxygen atoms in total. The van der Waals surface area contributed by atoms with Crippen molar-refractivity contribution >= 4 is 16.6 Å². The van der Waals surface area contributed by atoms with Crippen LogP contribution in [-0.2, 0) is 0 Å². The summed E-state index contributed by atoms with van der Waals surface area (Å²) in [6, 6.07) is 18.7. The van der Waals surface area contributed by atoms with Crippen molar-refractivity contribution in [3.8, 4) is 17.2 Å². The molecule has 0 spiro atoms. The highest BCUT2D eigenvalue weighted by Crippen LogP contribution is 2.38. The van der Waals surface area contributed by atoms with E-state index in [-0.39, 0.29) is 11.6 Å². The van der Waals surface area contributed by atoms with Crippen molar-refractivity contribution in [2.45, 2.75) is 6.04 Å². The molecule has 0 bridgehead atoms. The number of phenols is 1. The molecular weight excluding hydrogens is 383 g/mol. The molecule has 0 saturated heterocycles. The molecule has 1 atom stereocenters. The fourth-order valence-electron chi connectivity index (χ4n) is 3.47. The van der Waals surface area contributed by atoms with Gasteiger partial charge in [0.05, 0.1) is 20.3 Å². The minimum atomic E-state index is -0.449. The summed E-state index contributed by atoms with van der Waals surface area (Å²) in [5, 5.41) is 15.2. The summed E-state index contributed by atoms with van der Waals surface area (Å²) in [7, 11) is 3.15. The number of nitrogens with one attached hydrogen (secondary N) is 1. The van der Waals surface area contributed by atoms with Crippen LogP contribution in [0, 0.1) is 5.82 Å². The van der Waals surface area contributed by atoms with E-state index in [4.69, 9.17) is 9.47 Å². The third kappa shape index (κ3) is 3.72. The summed E-state index contributed by atoms with van der Waals surface area (Å²) in [6.07, 6.45) is 1.64. The molecule has 0 aliphatic rings. The fraction of sp³-hybridized carbons (Fsp3) is 0.125. The minimum Gasteiger partial charge on any atom is -0.505 e. The Hall–Kier alpha value is -3.80. The predicted molar refractivity (Wildman–Crippen MR) is 115 cm³/mol. The average Bonchev–Trinajstić information content (AvgIpc) is 2.79. The number of aromatic hydroxyl groups is 1. The van der Waals surface area contributed by atoms with Crippen molar-refractivity contribution in [3.63, 3.8) is 0 Å². The molecule has 0 amide bonds. The molecule has 4 rings (SSSR count). The molecule has 0 radical (unpaired) electrons. The molecule has 1 heterocycles. The molecule has 6 heteroatoms. The Morgan fingerprint density at radius 1 is 0.933 bits per heavy atom. The second-order valence-electron chi connectivity index (χ2n) is 6.78. The zero-order valence-corrected chi connectivity index (χ0v) is 16.6. The number of phenolic OH excluding ortho intramolecular Hbond substituents is 1. The number of benzene rings is 3. The van der Waals surface area contributed by atoms with Crippen molar-refractivity contribution in [2.24, 2.45) is 0 Å². The SMILES string of the molecule is COc1ccc(NC(c2ccc(F)cc2)c2ccc3cccnc3c2O)cc1OC. The van der Waals surface area contributed by atoms with Gasteiger partial charge in [-0.1, -0.05) is 30.3 Å². The van der Waals surface area contributed by atoms with E-state index in [0.29, 0.717) is 22.6 Å². The summed E-state index contributed by atoms with van der Waals surface area (Å²) >= 11 is 0. The molecule has 1 unspecified atom stereocenters. The lowest BCUT2D eigenvalue weighted by atomic mass is 9.96. The summed E-state index contributed by atoms with van der Waals surface area (Å²) in [5.41, 5.74) is 2.68. The maximum Gasteiger partial charge on any atom is 0.162 e. The van der Waals surface area contributed by atoms with Crippen LogP contribution in [0.15, 0.2) is 72.9 Å². The maximum absolute atomic E-state index is 13.5. The van der Waals surface area contributed by atoms with Gasteiger partial charge in [0.2, 0.25) is 0 Å². The number of ether oxygens (including phenoxy) is 2. The zero-order chi connectivity index (χ0) is 21.1. The van der Waals surface area contributed by atoms with Crippen LogP contribution < -0.4 is 14.8 Å². The maximum atomic E-state index is 13.5. The summed E-state index contributed by atoms with van der Waals surface area (Å²) in [6.45, 7) is 0. The summed E-state index contributed by atoms with van der Waals surface area (Å²) in [4.78, 5) is 4.31. The normalized spacial score (nSPS) is 11.8. The van der Waals surface area contributed by atoms with Gasteiger partial charge in [0.25, 0.3) is 0 Å². The van der Waals surface area contributed by atoms with Crippen LogP contribution in [0.2, 0.25) is 0 Å². The van der Waals surface area contributed by atoms with Crippen molar-refractivity contribution in [1.82, 2.24) is 4.98 Å². The van der Waals surface area contributed by atoms with Crippen molar-refractivity contribution in [3.05, 3.63) is 89.9 Å². The van der Waals surface area contributed by atoms with Crippen LogP contribution in [0.3, 0.4) is 0 Å². The van der Waals surface area contributed by atoms with Crippen LogP contribution in [0.1, 0.15) is 17.2 Å². The smallest absolute Gasteiger partial charge is 0.162 e. The van der Waals surface area contributed by atoms with Crippen molar-refractivity contribution in [2.75, 3.05) is 19.5 Å². The first-order valence-electron chi connectivity index (χ1n) is 9.41. The van der Waals surface area contributed by atoms with Gasteiger partial charge < -0.3 is 19.9 Å². The lowest BCUT2D eigenvalue weighted by Crippen LogP contribution is -2.13. The molecule has 0 aliphatic carbocycles. The highest BCUT2D eigenvalue weighted by atomic mass is 19.1. The second kappa shape index (κ2) is 8.29. The first kappa shape index (κ1) is 19.5. The van der Waals surface area contributed by atoms with Gasteiger partial charge in [0.1, 0.15) is 17.1 Å². The number of aromatic nitrogens is 1. The van der Waals surface area contributed by atoms with Gasteiger partial charge in [-0.3, -0.25) is 4.98 Å². The third-order valence-electron chi connectivity index (χ3n) is 4.99. The van der Waals surface area contributed by atoms with Crippen LogP contribution in [0.4, 0.5) is 10.1 Å². The molecule has 0 aliphatic heterocycles. The van der Waals surface area contributed by atoms with E-state index in [2.05, 4.69) is 10.3 Å². The lowest BCUT2D eigenvalue weighted by molar-refractivity contribution is 0.355. The number of nitrogens with zero attached hydrogens (tertiary/aromatic N) is 1. The van der Waals surface area contributed by atoms with Gasteiger partial charge in [-0.15, -0.1) is 0 Å². The Morgan fingerprint density at radius 3 is 2.43 bits per heavy atom. The number of anilines is 1. The minimum absolute atomic E-state index is 0.0791. The van der Waals surface area contributed by atoms with Crippen molar-refractivity contribution < 1.29 is 19.0 Å². The number of methoxy groups -OCH3 is 2. The molecule has 0 saturated carbocycles. The van der Waals surface area contributed by atoms with Gasteiger partial charge in [-0.25, -0.2) is 4.39 Å². The molecule has 152 valence electrons. The largest absolute Gasteiger partial charge is 0.505 e. The monoisotopic (exact) mass is 404 g/mol. The molecule has 4 aromatic rings. The van der Waals surface area contributed by atoms with Crippen molar-refractivity contribution in [1.29, 1.82) is 0 Å². The standard InChI is InChI=1S/C24H21FN2O3/c1-29-20-12-10-18(14-21(20)30-2)27-22(16-5-8-17(25)9-6-16)19-11-7-15-4-3-13-26-23(15)24(19)28/h3-14,22,27-28H,1-2H3. The summed E-state index contributed by atoms with van der Waals surface area (Å²) in [5.74, 6) is 0.937. The number of pyridine rings is 1. The Labute approximate surface area is 173 Å². The first-order valence-corrected chi connectivity index (χ1v) is 9.41. The molecule has 0 fully saturated rings. The number of fused-ring (bicyclic) bond motifs is 1. The molecule has 2 N–H and O–H groups in total. The van der Waals surface area contributed by atoms with E-state index >= 15 is 0 Å². The second-order valence-corrected chi connectivity index (χ2v) is 6.78. The third-order valence-corrected chi connectivity index (χ3v) is 4.99. The highest BCUT2D eigenvalue weighted by molar-refractivity contribution is 5.86. The van der Waals surface area contributed by atoms with E-state index in [0.717, 1.165) is 16.6 Å².